The highest BCUT2D eigenvalue weighted by Gasteiger charge is 2.25. The number of likely N-dealkylation sites (tertiary alicyclic amines) is 1. The first-order valence-electron chi connectivity index (χ1n) is 5.71. The van der Waals surface area contributed by atoms with Crippen molar-refractivity contribution in [3.8, 4) is 0 Å². The fourth-order valence-corrected chi connectivity index (χ4v) is 1.99. The summed E-state index contributed by atoms with van der Waals surface area (Å²) in [4.78, 5) is 13.6. The number of rotatable bonds is 2. The van der Waals surface area contributed by atoms with E-state index in [1.54, 1.807) is 29.2 Å². The Balaban J connectivity index is 1.93. The number of nitrogens with two attached hydrogens (primary N) is 1. The summed E-state index contributed by atoms with van der Waals surface area (Å²) in [6, 6.07) is 6.95. The third kappa shape index (κ3) is 2.88. The summed E-state index contributed by atoms with van der Waals surface area (Å²) >= 11 is 0. The first-order valence-corrected chi connectivity index (χ1v) is 5.71. The predicted octanol–water partition coefficient (Wildman–Crippen LogP) is 1.11. The first kappa shape index (κ1) is 11.7. The highest BCUT2D eigenvalue weighted by Crippen LogP contribution is 2.18. The summed E-state index contributed by atoms with van der Waals surface area (Å²) < 4.78 is 0. The number of aliphatic hydroxyl groups excluding tert-OH is 1. The van der Waals surface area contributed by atoms with Crippen molar-refractivity contribution < 1.29 is 9.90 Å². The van der Waals surface area contributed by atoms with E-state index in [9.17, 15) is 4.79 Å². The van der Waals surface area contributed by atoms with Crippen molar-refractivity contribution in [3.63, 3.8) is 0 Å². The largest absolute Gasteiger partial charge is 0.399 e. The fraction of sp³-hybridized carbons (Fsp3) is 0.417. The number of hydrogen-bond donors (Lipinski definition) is 3. The summed E-state index contributed by atoms with van der Waals surface area (Å²) in [5, 5.41) is 11.8. The molecule has 1 aromatic rings. The van der Waals surface area contributed by atoms with Gasteiger partial charge in [-0.3, -0.25) is 0 Å². The van der Waals surface area contributed by atoms with Crippen LogP contribution >= 0.6 is 0 Å². The van der Waals surface area contributed by atoms with Crippen LogP contribution < -0.4 is 11.1 Å². The lowest BCUT2D eigenvalue weighted by molar-refractivity contribution is 0.209. The van der Waals surface area contributed by atoms with Gasteiger partial charge in [0, 0.05) is 37.0 Å². The zero-order chi connectivity index (χ0) is 12.3. The molecule has 17 heavy (non-hydrogen) atoms. The van der Waals surface area contributed by atoms with Gasteiger partial charge in [-0.25, -0.2) is 4.79 Å². The second-order valence-electron chi connectivity index (χ2n) is 4.34. The number of amides is 2. The molecule has 1 aliphatic rings. The van der Waals surface area contributed by atoms with Crippen molar-refractivity contribution in [2.24, 2.45) is 5.92 Å². The smallest absolute Gasteiger partial charge is 0.321 e. The molecule has 2 amide bonds. The van der Waals surface area contributed by atoms with E-state index < -0.39 is 0 Å². The molecule has 5 nitrogen and oxygen atoms in total. The minimum absolute atomic E-state index is 0.133. The van der Waals surface area contributed by atoms with E-state index in [2.05, 4.69) is 5.32 Å². The standard InChI is InChI=1S/C12H17N3O2/c13-10-2-1-3-11(6-10)14-12(17)15-5-4-9(7-15)8-16/h1-3,6,9,16H,4-5,7-8,13H2,(H,14,17). The van der Waals surface area contributed by atoms with Crippen LogP contribution in [0.1, 0.15) is 6.42 Å². The number of benzene rings is 1. The number of carbonyl (C=O) groups excluding carboxylic acids is 1. The second-order valence-corrected chi connectivity index (χ2v) is 4.34. The highest BCUT2D eigenvalue weighted by atomic mass is 16.3. The van der Waals surface area contributed by atoms with Crippen molar-refractivity contribution in [3.05, 3.63) is 24.3 Å². The van der Waals surface area contributed by atoms with Crippen LogP contribution in [-0.2, 0) is 0 Å². The number of carbonyl (C=O) groups is 1. The highest BCUT2D eigenvalue weighted by molar-refractivity contribution is 5.90. The fourth-order valence-electron chi connectivity index (χ4n) is 1.99. The zero-order valence-corrected chi connectivity index (χ0v) is 9.60. The molecule has 1 fully saturated rings. The summed E-state index contributed by atoms with van der Waals surface area (Å²) in [7, 11) is 0. The molecule has 92 valence electrons. The number of nitrogens with zero attached hydrogens (tertiary/aromatic N) is 1. The van der Waals surface area contributed by atoms with Crippen molar-refractivity contribution in [2.75, 3.05) is 30.7 Å². The lowest BCUT2D eigenvalue weighted by atomic mass is 10.1. The van der Waals surface area contributed by atoms with Crippen LogP contribution in [0.5, 0.6) is 0 Å². The summed E-state index contributed by atoms with van der Waals surface area (Å²) in [5.74, 6) is 0.210. The van der Waals surface area contributed by atoms with E-state index in [0.29, 0.717) is 24.5 Å². The third-order valence-electron chi connectivity index (χ3n) is 2.97. The minimum atomic E-state index is -0.133. The molecular weight excluding hydrogens is 218 g/mol. The Morgan fingerprint density at radius 1 is 1.59 bits per heavy atom. The average molecular weight is 235 g/mol. The van der Waals surface area contributed by atoms with Crippen molar-refractivity contribution in [2.45, 2.75) is 6.42 Å². The average Bonchev–Trinajstić information content (AvgIpc) is 2.77. The molecule has 0 saturated carbocycles. The summed E-state index contributed by atoms with van der Waals surface area (Å²) in [6.07, 6.45) is 0.862. The Labute approximate surface area is 100 Å². The van der Waals surface area contributed by atoms with E-state index in [0.717, 1.165) is 6.42 Å². The number of nitrogen functional groups attached to an aromatic ring is 1. The molecular formula is C12H17N3O2. The van der Waals surface area contributed by atoms with E-state index in [4.69, 9.17) is 10.8 Å². The normalized spacial score (nSPS) is 19.4. The van der Waals surface area contributed by atoms with Crippen LogP contribution in [0.25, 0.3) is 0 Å². The lowest BCUT2D eigenvalue weighted by Gasteiger charge is -2.17. The second kappa shape index (κ2) is 5.05. The summed E-state index contributed by atoms with van der Waals surface area (Å²) in [5.41, 5.74) is 6.95. The van der Waals surface area contributed by atoms with Gasteiger partial charge in [0.15, 0.2) is 0 Å². The van der Waals surface area contributed by atoms with Gasteiger partial charge >= 0.3 is 6.03 Å². The monoisotopic (exact) mass is 235 g/mol. The van der Waals surface area contributed by atoms with Crippen molar-refractivity contribution >= 4 is 17.4 Å². The van der Waals surface area contributed by atoms with Crippen molar-refractivity contribution in [1.29, 1.82) is 0 Å². The van der Waals surface area contributed by atoms with E-state index >= 15 is 0 Å². The van der Waals surface area contributed by atoms with Crippen LogP contribution in [0.15, 0.2) is 24.3 Å². The van der Waals surface area contributed by atoms with Gasteiger partial charge in [-0.05, 0) is 24.6 Å². The van der Waals surface area contributed by atoms with Gasteiger partial charge in [0.05, 0.1) is 0 Å². The van der Waals surface area contributed by atoms with Crippen LogP contribution in [0, 0.1) is 5.92 Å². The number of anilines is 2. The van der Waals surface area contributed by atoms with Gasteiger partial charge in [-0.1, -0.05) is 6.07 Å². The molecule has 1 aliphatic heterocycles. The molecule has 0 spiro atoms. The molecule has 1 atom stereocenters. The van der Waals surface area contributed by atoms with Crippen LogP contribution in [0.3, 0.4) is 0 Å². The van der Waals surface area contributed by atoms with Gasteiger partial charge in [-0.2, -0.15) is 0 Å². The minimum Gasteiger partial charge on any atom is -0.399 e. The zero-order valence-electron chi connectivity index (χ0n) is 9.60. The van der Waals surface area contributed by atoms with E-state index in [1.165, 1.54) is 0 Å². The molecule has 1 unspecified atom stereocenters. The maximum absolute atomic E-state index is 11.9. The van der Waals surface area contributed by atoms with Crippen LogP contribution in [-0.4, -0.2) is 35.7 Å². The van der Waals surface area contributed by atoms with E-state index in [-0.39, 0.29) is 18.6 Å². The first-order chi connectivity index (χ1) is 8.19. The third-order valence-corrected chi connectivity index (χ3v) is 2.97. The number of urea groups is 1. The van der Waals surface area contributed by atoms with Gasteiger partial charge in [0.1, 0.15) is 0 Å². The molecule has 4 N–H and O–H groups in total. The molecule has 1 saturated heterocycles. The predicted molar refractivity (Wildman–Crippen MR) is 66.6 cm³/mol. The molecule has 0 aliphatic carbocycles. The molecule has 0 bridgehead atoms. The maximum atomic E-state index is 11.9. The van der Waals surface area contributed by atoms with Crippen LogP contribution in [0.2, 0.25) is 0 Å². The Morgan fingerprint density at radius 2 is 2.41 bits per heavy atom. The molecule has 5 heteroatoms. The Bertz CT molecular complexity index is 408. The van der Waals surface area contributed by atoms with Gasteiger partial charge in [0.2, 0.25) is 0 Å². The topological polar surface area (TPSA) is 78.6 Å². The van der Waals surface area contributed by atoms with Gasteiger partial charge < -0.3 is 21.1 Å². The van der Waals surface area contributed by atoms with Crippen molar-refractivity contribution in [1.82, 2.24) is 4.90 Å². The summed E-state index contributed by atoms with van der Waals surface area (Å²) in [6.45, 7) is 1.45. The Morgan fingerprint density at radius 3 is 3.06 bits per heavy atom. The maximum Gasteiger partial charge on any atom is 0.321 e. The Hall–Kier alpha value is -1.75. The van der Waals surface area contributed by atoms with Gasteiger partial charge in [0.25, 0.3) is 0 Å². The molecule has 0 radical (unpaired) electrons. The van der Waals surface area contributed by atoms with Crippen LogP contribution in [0.4, 0.5) is 16.2 Å². The number of hydrogen-bond acceptors (Lipinski definition) is 3. The number of aliphatic hydroxyl groups is 1. The molecule has 1 heterocycles. The lowest BCUT2D eigenvalue weighted by Crippen LogP contribution is -2.33. The van der Waals surface area contributed by atoms with Gasteiger partial charge in [-0.15, -0.1) is 0 Å². The molecule has 0 aromatic heterocycles. The SMILES string of the molecule is Nc1cccc(NC(=O)N2CCC(CO)C2)c1. The Kier molecular flexibility index (Phi) is 3.49. The quantitative estimate of drug-likeness (QED) is 0.672. The molecule has 2 rings (SSSR count). The number of nitrogens with one attached hydrogen (secondary N) is 1. The molecule has 1 aromatic carbocycles. The van der Waals surface area contributed by atoms with E-state index in [1.807, 2.05) is 0 Å².